The van der Waals surface area contributed by atoms with Crippen LogP contribution in [0.25, 0.3) is 10.8 Å². The fourth-order valence-electron chi connectivity index (χ4n) is 2.73. The van der Waals surface area contributed by atoms with Crippen LogP contribution in [-0.4, -0.2) is 19.1 Å². The van der Waals surface area contributed by atoms with Gasteiger partial charge in [0.05, 0.1) is 7.11 Å². The zero-order valence-electron chi connectivity index (χ0n) is 11.8. The van der Waals surface area contributed by atoms with Crippen molar-refractivity contribution in [2.45, 2.75) is 31.7 Å². The molecular weight excluding hydrogens is 250 g/mol. The highest BCUT2D eigenvalue weighted by Gasteiger charge is 2.39. The third kappa shape index (κ3) is 2.36. The van der Waals surface area contributed by atoms with Gasteiger partial charge >= 0.3 is 0 Å². The van der Waals surface area contributed by atoms with Crippen LogP contribution in [0.15, 0.2) is 36.4 Å². The van der Waals surface area contributed by atoms with Gasteiger partial charge in [0.2, 0.25) is 5.91 Å². The molecule has 0 saturated heterocycles. The van der Waals surface area contributed by atoms with Crippen molar-refractivity contribution in [1.29, 1.82) is 0 Å². The van der Waals surface area contributed by atoms with Crippen LogP contribution < -0.4 is 10.1 Å². The highest BCUT2D eigenvalue weighted by atomic mass is 16.5. The predicted octanol–water partition coefficient (Wildman–Crippen LogP) is 3.23. The Morgan fingerprint density at radius 2 is 2.20 bits per heavy atom. The third-order valence-corrected chi connectivity index (χ3v) is 3.98. The number of amides is 1. The summed E-state index contributed by atoms with van der Waals surface area (Å²) in [5.74, 6) is 1.44. The van der Waals surface area contributed by atoms with Crippen molar-refractivity contribution in [3.8, 4) is 5.75 Å². The van der Waals surface area contributed by atoms with Gasteiger partial charge in [-0.1, -0.05) is 31.2 Å². The maximum atomic E-state index is 11.5. The van der Waals surface area contributed by atoms with Crippen molar-refractivity contribution >= 4 is 16.7 Å². The number of carbonyl (C=O) groups excluding carboxylic acids is 1. The van der Waals surface area contributed by atoms with Gasteiger partial charge in [-0.3, -0.25) is 4.79 Å². The summed E-state index contributed by atoms with van der Waals surface area (Å²) in [6.45, 7) is 1.88. The molecule has 3 rings (SSSR count). The molecule has 3 nitrogen and oxygen atoms in total. The zero-order valence-corrected chi connectivity index (χ0v) is 11.8. The van der Waals surface area contributed by atoms with Crippen molar-refractivity contribution in [3.05, 3.63) is 42.0 Å². The Hall–Kier alpha value is -2.03. The lowest BCUT2D eigenvalue weighted by molar-refractivity contribution is -0.120. The Bertz CT molecular complexity index is 650. The second-order valence-corrected chi connectivity index (χ2v) is 5.30. The minimum atomic E-state index is 0.135. The second-order valence-electron chi connectivity index (χ2n) is 5.30. The van der Waals surface area contributed by atoms with Crippen LogP contribution in [0.3, 0.4) is 0 Å². The number of fused-ring (bicyclic) bond motifs is 1. The van der Waals surface area contributed by atoms with Crippen molar-refractivity contribution < 1.29 is 9.53 Å². The van der Waals surface area contributed by atoms with Crippen LogP contribution >= 0.6 is 0 Å². The minimum absolute atomic E-state index is 0.135. The predicted molar refractivity (Wildman–Crippen MR) is 80.1 cm³/mol. The fourth-order valence-corrected chi connectivity index (χ4v) is 2.73. The lowest BCUT2D eigenvalue weighted by Crippen LogP contribution is -2.25. The van der Waals surface area contributed by atoms with E-state index in [0.717, 1.165) is 12.2 Å². The highest BCUT2D eigenvalue weighted by molar-refractivity contribution is 5.88. The smallest absolute Gasteiger partial charge is 0.219 e. The van der Waals surface area contributed by atoms with E-state index in [0.29, 0.717) is 18.4 Å². The van der Waals surface area contributed by atoms with Crippen LogP contribution in [0.1, 0.15) is 31.2 Å². The molecule has 2 aromatic carbocycles. The van der Waals surface area contributed by atoms with E-state index in [4.69, 9.17) is 4.74 Å². The largest absolute Gasteiger partial charge is 0.497 e. The normalized spacial score (nSPS) is 20.7. The molecule has 0 spiro atoms. The van der Waals surface area contributed by atoms with Gasteiger partial charge in [-0.2, -0.15) is 0 Å². The maximum absolute atomic E-state index is 11.5. The van der Waals surface area contributed by atoms with Gasteiger partial charge in [-0.05, 0) is 34.9 Å². The fraction of sp³-hybridized carbons (Fsp3) is 0.353. The van der Waals surface area contributed by atoms with Gasteiger partial charge in [0, 0.05) is 18.4 Å². The lowest BCUT2D eigenvalue weighted by Gasteiger charge is -2.09. The summed E-state index contributed by atoms with van der Waals surface area (Å²) in [5, 5.41) is 5.52. The summed E-state index contributed by atoms with van der Waals surface area (Å²) in [6.07, 6.45) is 1.58. The van der Waals surface area contributed by atoms with Gasteiger partial charge in [-0.25, -0.2) is 0 Å². The molecule has 0 radical (unpaired) electrons. The van der Waals surface area contributed by atoms with E-state index in [1.165, 1.54) is 16.3 Å². The lowest BCUT2D eigenvalue weighted by atomic mass is 10.0. The molecule has 1 N–H and O–H groups in total. The molecule has 1 saturated carbocycles. The topological polar surface area (TPSA) is 38.3 Å². The summed E-state index contributed by atoms with van der Waals surface area (Å²) < 4.78 is 5.32. The number of rotatable bonds is 4. The van der Waals surface area contributed by atoms with Crippen molar-refractivity contribution in [1.82, 2.24) is 5.32 Å². The Balaban J connectivity index is 1.90. The number of hydrogen-bond acceptors (Lipinski definition) is 2. The van der Waals surface area contributed by atoms with Crippen LogP contribution in [-0.2, 0) is 4.79 Å². The standard InChI is InChI=1S/C17H19NO2/c1-3-17(19)18-16-10-15(16)13-6-4-5-11-7-8-12(20-2)9-14(11)13/h4-9,15-16H,3,10H2,1-2H3,(H,18,19)/t15-,16+/m0/s1. The Labute approximate surface area is 118 Å². The molecule has 0 unspecified atom stereocenters. The van der Waals surface area contributed by atoms with Crippen LogP contribution in [0.2, 0.25) is 0 Å². The van der Waals surface area contributed by atoms with Crippen molar-refractivity contribution in [3.63, 3.8) is 0 Å². The number of carbonyl (C=O) groups is 1. The van der Waals surface area contributed by atoms with E-state index in [2.05, 4.69) is 35.6 Å². The maximum Gasteiger partial charge on any atom is 0.219 e. The van der Waals surface area contributed by atoms with E-state index in [1.54, 1.807) is 7.11 Å². The zero-order chi connectivity index (χ0) is 14.1. The molecule has 104 valence electrons. The number of nitrogens with one attached hydrogen (secondary N) is 1. The first-order chi connectivity index (χ1) is 9.72. The average molecular weight is 269 g/mol. The van der Waals surface area contributed by atoms with Crippen molar-refractivity contribution in [2.75, 3.05) is 7.11 Å². The molecular formula is C17H19NO2. The molecule has 20 heavy (non-hydrogen) atoms. The van der Waals surface area contributed by atoms with Crippen molar-refractivity contribution in [2.24, 2.45) is 0 Å². The van der Waals surface area contributed by atoms with Gasteiger partial charge in [0.1, 0.15) is 5.75 Å². The van der Waals surface area contributed by atoms with Gasteiger partial charge in [-0.15, -0.1) is 0 Å². The summed E-state index contributed by atoms with van der Waals surface area (Å²) in [7, 11) is 1.69. The quantitative estimate of drug-likeness (QED) is 0.925. The van der Waals surface area contributed by atoms with Gasteiger partial charge in [0.15, 0.2) is 0 Å². The number of benzene rings is 2. The molecule has 0 bridgehead atoms. The Kier molecular flexibility index (Phi) is 3.35. The van der Waals surface area contributed by atoms with E-state index in [1.807, 2.05) is 13.0 Å². The second kappa shape index (κ2) is 5.16. The molecule has 1 amide bonds. The third-order valence-electron chi connectivity index (χ3n) is 3.98. The minimum Gasteiger partial charge on any atom is -0.497 e. The first-order valence-electron chi connectivity index (χ1n) is 7.09. The number of ether oxygens (including phenoxy) is 1. The van der Waals surface area contributed by atoms with Crippen LogP contribution in [0, 0.1) is 0 Å². The summed E-state index contributed by atoms with van der Waals surface area (Å²) >= 11 is 0. The van der Waals surface area contributed by atoms with E-state index < -0.39 is 0 Å². The SMILES string of the molecule is CCC(=O)N[C@@H]1C[C@H]1c1cccc2ccc(OC)cc12. The molecule has 1 aliphatic carbocycles. The molecule has 0 heterocycles. The number of hydrogen-bond donors (Lipinski definition) is 1. The molecule has 1 aliphatic rings. The molecule has 2 atom stereocenters. The first kappa shape index (κ1) is 13.0. The van der Waals surface area contributed by atoms with Crippen LogP contribution in [0.5, 0.6) is 5.75 Å². The van der Waals surface area contributed by atoms with E-state index in [-0.39, 0.29) is 5.91 Å². The molecule has 0 aromatic heterocycles. The molecule has 2 aromatic rings. The molecule has 3 heteroatoms. The van der Waals surface area contributed by atoms with Gasteiger partial charge < -0.3 is 10.1 Å². The number of methoxy groups -OCH3 is 1. The molecule has 0 aliphatic heterocycles. The van der Waals surface area contributed by atoms with Crippen LogP contribution in [0.4, 0.5) is 0 Å². The Morgan fingerprint density at radius 1 is 1.35 bits per heavy atom. The van der Waals surface area contributed by atoms with E-state index in [9.17, 15) is 4.79 Å². The Morgan fingerprint density at radius 3 is 2.95 bits per heavy atom. The summed E-state index contributed by atoms with van der Waals surface area (Å²) in [6, 6.07) is 12.8. The molecule has 1 fully saturated rings. The monoisotopic (exact) mass is 269 g/mol. The first-order valence-corrected chi connectivity index (χ1v) is 7.09. The summed E-state index contributed by atoms with van der Waals surface area (Å²) in [4.78, 5) is 11.5. The van der Waals surface area contributed by atoms with Gasteiger partial charge in [0.25, 0.3) is 0 Å². The highest BCUT2D eigenvalue weighted by Crippen LogP contribution is 2.44. The average Bonchev–Trinajstić information content (AvgIpc) is 3.24. The summed E-state index contributed by atoms with van der Waals surface area (Å²) in [5.41, 5.74) is 1.31. The van der Waals surface area contributed by atoms with E-state index >= 15 is 0 Å².